The Morgan fingerprint density at radius 3 is 1.71 bits per heavy atom. The summed E-state index contributed by atoms with van der Waals surface area (Å²) in [6.45, 7) is 0. The molecule has 9 aromatic carbocycles. The van der Waals surface area contributed by atoms with Crippen molar-refractivity contribution in [1.29, 1.82) is 0 Å². The Morgan fingerprint density at radius 1 is 0.458 bits per heavy atom. The first-order valence-corrected chi connectivity index (χ1v) is 16.7. The van der Waals surface area contributed by atoms with E-state index in [1.165, 1.54) is 75.8 Å². The van der Waals surface area contributed by atoms with Gasteiger partial charge in [0.25, 0.3) is 0 Å². The predicted octanol–water partition coefficient (Wildman–Crippen LogP) is 11.4. The van der Waals surface area contributed by atoms with Crippen molar-refractivity contribution >= 4 is 70.3 Å². The third-order valence-electron chi connectivity index (χ3n) is 9.86. The number of allylic oxidation sites excluding steroid dienone is 1. The lowest BCUT2D eigenvalue weighted by molar-refractivity contribution is 0.666. The van der Waals surface area contributed by atoms with Gasteiger partial charge in [0.15, 0.2) is 0 Å². The highest BCUT2D eigenvalue weighted by Crippen LogP contribution is 2.37. The average molecular weight is 615 g/mol. The van der Waals surface area contributed by atoms with Crippen LogP contribution in [0.3, 0.4) is 0 Å². The van der Waals surface area contributed by atoms with Gasteiger partial charge in [-0.3, -0.25) is 0 Å². The van der Waals surface area contributed by atoms with Gasteiger partial charge >= 0.3 is 0 Å². The van der Waals surface area contributed by atoms with Crippen LogP contribution in [-0.2, 0) is 6.42 Å². The monoisotopic (exact) mass is 614 g/mol. The molecule has 0 aliphatic heterocycles. The summed E-state index contributed by atoms with van der Waals surface area (Å²) in [7, 11) is 0. The van der Waals surface area contributed by atoms with Gasteiger partial charge in [-0.25, -0.2) is 0 Å². The van der Waals surface area contributed by atoms with Crippen LogP contribution in [0.2, 0.25) is 0 Å². The van der Waals surface area contributed by atoms with Gasteiger partial charge in [-0.2, -0.15) is 0 Å². The molecule has 48 heavy (non-hydrogen) atoms. The van der Waals surface area contributed by atoms with Gasteiger partial charge in [0, 0.05) is 11.3 Å². The van der Waals surface area contributed by atoms with E-state index >= 15 is 0 Å². The quantitative estimate of drug-likeness (QED) is 0.111. The minimum Gasteiger partial charge on any atom is -0.366 e. The van der Waals surface area contributed by atoms with E-state index in [9.17, 15) is 0 Å². The molecule has 0 aliphatic carbocycles. The lowest BCUT2D eigenvalue weighted by atomic mass is 9.91. The maximum atomic E-state index is 6.90. The summed E-state index contributed by atoms with van der Waals surface area (Å²) < 4.78 is 0. The number of fused-ring (bicyclic) bond motifs is 9. The second-order valence-electron chi connectivity index (χ2n) is 12.7. The Kier molecular flexibility index (Phi) is 6.88. The molecular formula is C46H34N2. The zero-order valence-electron chi connectivity index (χ0n) is 26.5. The van der Waals surface area contributed by atoms with Crippen molar-refractivity contribution < 1.29 is 0 Å². The van der Waals surface area contributed by atoms with E-state index in [0.29, 0.717) is 0 Å². The van der Waals surface area contributed by atoms with Crippen LogP contribution in [0.1, 0.15) is 22.9 Å². The van der Waals surface area contributed by atoms with Gasteiger partial charge < -0.3 is 11.1 Å². The van der Waals surface area contributed by atoms with Crippen LogP contribution in [0.5, 0.6) is 0 Å². The molecule has 0 amide bonds. The zero-order chi connectivity index (χ0) is 32.0. The summed E-state index contributed by atoms with van der Waals surface area (Å²) in [4.78, 5) is 0. The van der Waals surface area contributed by atoms with E-state index < -0.39 is 0 Å². The summed E-state index contributed by atoms with van der Waals surface area (Å²) in [5, 5.41) is 18.8. The molecule has 9 aromatic rings. The Bertz CT molecular complexity index is 2690. The van der Waals surface area contributed by atoms with E-state index in [-0.39, 0.29) is 6.17 Å². The molecule has 0 aliphatic rings. The van der Waals surface area contributed by atoms with Gasteiger partial charge in [0.1, 0.15) is 6.17 Å². The molecule has 0 saturated heterocycles. The summed E-state index contributed by atoms with van der Waals surface area (Å²) in [5.74, 6) is 0. The fourth-order valence-corrected chi connectivity index (χ4v) is 7.48. The minimum absolute atomic E-state index is 0.371. The molecule has 0 heterocycles. The number of nitrogens with two attached hydrogens (primary N) is 1. The largest absolute Gasteiger partial charge is 0.366 e. The van der Waals surface area contributed by atoms with Gasteiger partial charge in [-0.05, 0) is 88.2 Å². The second kappa shape index (κ2) is 11.7. The highest BCUT2D eigenvalue weighted by Gasteiger charge is 2.17. The molecule has 0 aromatic heterocycles. The molecule has 3 N–H and O–H groups in total. The molecule has 0 radical (unpaired) electrons. The third kappa shape index (κ3) is 4.86. The number of benzene rings is 9. The van der Waals surface area contributed by atoms with Crippen LogP contribution in [0.25, 0.3) is 70.3 Å². The van der Waals surface area contributed by atoms with Crippen LogP contribution >= 0.6 is 0 Å². The van der Waals surface area contributed by atoms with E-state index in [4.69, 9.17) is 5.73 Å². The Hall–Kier alpha value is -5.96. The van der Waals surface area contributed by atoms with Gasteiger partial charge in [0.2, 0.25) is 0 Å². The average Bonchev–Trinajstić information content (AvgIpc) is 3.15. The lowest BCUT2D eigenvalue weighted by Crippen LogP contribution is -2.27. The minimum atomic E-state index is -0.371. The fourth-order valence-electron chi connectivity index (χ4n) is 7.48. The standard InChI is InChI=1S/C46H34N2/c47-46(33-12-2-1-3-13-33)48-44(45-39-17-9-6-14-34(39)29-43-37-16-8-5-11-32(37)21-26-42(43)45)27-19-30-18-23-38-35(28-30)22-25-40-36-15-7-4-10-31(36)20-24-41(38)40/h1-18,20-29,46,48H,19,47H2/b44-27-. The van der Waals surface area contributed by atoms with Gasteiger partial charge in [-0.15, -0.1) is 0 Å². The maximum Gasteiger partial charge on any atom is 0.101 e. The van der Waals surface area contributed by atoms with Crippen molar-refractivity contribution in [2.24, 2.45) is 5.73 Å². The highest BCUT2D eigenvalue weighted by atomic mass is 15.0. The molecule has 9 rings (SSSR count). The van der Waals surface area contributed by atoms with Crippen molar-refractivity contribution in [2.45, 2.75) is 12.6 Å². The van der Waals surface area contributed by atoms with Gasteiger partial charge in [-0.1, -0.05) is 164 Å². The molecule has 2 nitrogen and oxygen atoms in total. The molecule has 1 atom stereocenters. The summed E-state index contributed by atoms with van der Waals surface area (Å²) in [6.07, 6.45) is 2.72. The predicted molar refractivity (Wildman–Crippen MR) is 206 cm³/mol. The highest BCUT2D eigenvalue weighted by molar-refractivity contribution is 6.18. The Balaban J connectivity index is 1.20. The lowest BCUT2D eigenvalue weighted by Gasteiger charge is -2.22. The van der Waals surface area contributed by atoms with Gasteiger partial charge in [0.05, 0.1) is 0 Å². The van der Waals surface area contributed by atoms with Crippen molar-refractivity contribution in [3.63, 3.8) is 0 Å². The van der Waals surface area contributed by atoms with E-state index in [0.717, 1.165) is 17.7 Å². The van der Waals surface area contributed by atoms with Crippen molar-refractivity contribution in [3.8, 4) is 0 Å². The smallest absolute Gasteiger partial charge is 0.101 e. The van der Waals surface area contributed by atoms with Crippen LogP contribution < -0.4 is 11.1 Å². The second-order valence-corrected chi connectivity index (χ2v) is 12.7. The van der Waals surface area contributed by atoms with Crippen LogP contribution in [0, 0.1) is 0 Å². The SMILES string of the molecule is NC(N/C(=C\Cc1ccc2c(ccc3c4ccccc4ccc23)c1)c1c2ccccc2cc2c1ccc1ccccc12)c1ccccc1. The first-order valence-electron chi connectivity index (χ1n) is 16.7. The third-order valence-corrected chi connectivity index (χ3v) is 9.86. The maximum absolute atomic E-state index is 6.90. The zero-order valence-corrected chi connectivity index (χ0v) is 26.5. The van der Waals surface area contributed by atoms with E-state index in [1.807, 2.05) is 18.2 Å². The summed E-state index contributed by atoms with van der Waals surface area (Å²) in [5.41, 5.74) is 11.4. The molecule has 0 fully saturated rings. The molecule has 1 unspecified atom stereocenters. The number of hydrogen-bond donors (Lipinski definition) is 2. The molecule has 0 bridgehead atoms. The van der Waals surface area contributed by atoms with Crippen LogP contribution in [0.4, 0.5) is 0 Å². The van der Waals surface area contributed by atoms with Crippen LogP contribution in [-0.4, -0.2) is 0 Å². The first-order chi connectivity index (χ1) is 23.7. The Morgan fingerprint density at radius 2 is 0.979 bits per heavy atom. The molecular weight excluding hydrogens is 581 g/mol. The van der Waals surface area contributed by atoms with Crippen molar-refractivity contribution in [3.05, 3.63) is 187 Å². The topological polar surface area (TPSA) is 38.0 Å². The molecule has 0 saturated carbocycles. The molecule has 228 valence electrons. The Labute approximate surface area is 279 Å². The first kappa shape index (κ1) is 28.3. The van der Waals surface area contributed by atoms with Crippen LogP contribution in [0.15, 0.2) is 170 Å². The summed E-state index contributed by atoms with van der Waals surface area (Å²) in [6, 6.07) is 59.1. The van der Waals surface area contributed by atoms with Crippen molar-refractivity contribution in [2.75, 3.05) is 0 Å². The number of hydrogen-bond acceptors (Lipinski definition) is 2. The van der Waals surface area contributed by atoms with E-state index in [1.54, 1.807) is 0 Å². The number of nitrogens with one attached hydrogen (secondary N) is 1. The summed E-state index contributed by atoms with van der Waals surface area (Å²) >= 11 is 0. The molecule has 0 spiro atoms. The van der Waals surface area contributed by atoms with E-state index in [2.05, 4.69) is 157 Å². The van der Waals surface area contributed by atoms with Crippen molar-refractivity contribution in [1.82, 2.24) is 5.32 Å². The molecule has 2 heteroatoms. The normalized spacial score (nSPS) is 12.8. The fraction of sp³-hybridized carbons (Fsp3) is 0.0435. The number of rotatable bonds is 6.